The second-order valence-electron chi connectivity index (χ2n) is 3.23. The fourth-order valence-corrected chi connectivity index (χ4v) is 2.23. The van der Waals surface area contributed by atoms with E-state index in [-0.39, 0.29) is 5.97 Å². The number of rotatable bonds is 1. The molecule has 15 heavy (non-hydrogen) atoms. The number of carbonyl (C=O) groups is 1. The van der Waals surface area contributed by atoms with Crippen molar-refractivity contribution in [3.63, 3.8) is 0 Å². The van der Waals surface area contributed by atoms with Gasteiger partial charge in [-0.1, -0.05) is 0 Å². The third-order valence-corrected chi connectivity index (χ3v) is 2.92. The number of methoxy groups -OCH3 is 1. The molecule has 4 heteroatoms. The van der Waals surface area contributed by atoms with Gasteiger partial charge in [-0.15, -0.1) is 0 Å². The van der Waals surface area contributed by atoms with Gasteiger partial charge in [0.05, 0.1) is 16.2 Å². The van der Waals surface area contributed by atoms with Gasteiger partial charge in [0, 0.05) is 5.39 Å². The Morgan fingerprint density at radius 1 is 1.40 bits per heavy atom. The first kappa shape index (κ1) is 10.5. The second kappa shape index (κ2) is 3.84. The van der Waals surface area contributed by atoms with Crippen LogP contribution in [0.1, 0.15) is 16.1 Å². The van der Waals surface area contributed by atoms with E-state index in [2.05, 4.69) is 27.3 Å². The molecule has 2 aromatic rings. The Balaban J connectivity index is 2.66. The molecule has 0 saturated heterocycles. The van der Waals surface area contributed by atoms with Crippen LogP contribution in [-0.2, 0) is 4.74 Å². The van der Waals surface area contributed by atoms with E-state index in [0.29, 0.717) is 5.56 Å². The Bertz CT molecular complexity index is 528. The van der Waals surface area contributed by atoms with Gasteiger partial charge in [-0.05, 0) is 47.7 Å². The highest BCUT2D eigenvalue weighted by molar-refractivity contribution is 14.1. The van der Waals surface area contributed by atoms with E-state index in [1.165, 1.54) is 7.11 Å². The molecule has 0 aliphatic rings. The summed E-state index contributed by atoms with van der Waals surface area (Å²) < 4.78 is 11.1. The van der Waals surface area contributed by atoms with E-state index in [1.54, 1.807) is 12.1 Å². The van der Waals surface area contributed by atoms with Crippen LogP contribution < -0.4 is 0 Å². The van der Waals surface area contributed by atoms with Crippen LogP contribution in [0.2, 0.25) is 0 Å². The molecule has 0 aliphatic heterocycles. The van der Waals surface area contributed by atoms with Gasteiger partial charge in [0.2, 0.25) is 0 Å². The second-order valence-corrected chi connectivity index (χ2v) is 4.39. The summed E-state index contributed by atoms with van der Waals surface area (Å²) in [6.45, 7) is 1.88. The minimum Gasteiger partial charge on any atom is -0.465 e. The quantitative estimate of drug-likeness (QED) is 0.599. The van der Waals surface area contributed by atoms with Crippen molar-refractivity contribution in [2.75, 3.05) is 7.11 Å². The molecule has 0 radical (unpaired) electrons. The Labute approximate surface area is 101 Å². The normalized spacial score (nSPS) is 10.6. The smallest absolute Gasteiger partial charge is 0.337 e. The first-order valence-electron chi connectivity index (χ1n) is 4.40. The molecule has 78 valence electrons. The molecule has 0 fully saturated rings. The summed E-state index contributed by atoms with van der Waals surface area (Å²) in [5.41, 5.74) is 1.37. The van der Waals surface area contributed by atoms with E-state index in [0.717, 1.165) is 20.3 Å². The maximum absolute atomic E-state index is 11.4. The topological polar surface area (TPSA) is 39.4 Å². The Morgan fingerprint density at radius 3 is 2.80 bits per heavy atom. The molecular formula is C11H9IO3. The molecule has 0 amide bonds. The number of halogens is 1. The van der Waals surface area contributed by atoms with Gasteiger partial charge < -0.3 is 9.15 Å². The highest BCUT2D eigenvalue weighted by Gasteiger charge is 2.11. The molecule has 0 atom stereocenters. The molecule has 1 aromatic heterocycles. The summed E-state index contributed by atoms with van der Waals surface area (Å²) >= 11 is 2.15. The van der Waals surface area contributed by atoms with Crippen LogP contribution in [0.15, 0.2) is 22.6 Å². The lowest BCUT2D eigenvalue weighted by Crippen LogP contribution is -2.01. The minimum absolute atomic E-state index is 0.325. The molecule has 0 saturated carbocycles. The van der Waals surface area contributed by atoms with Gasteiger partial charge in [0.15, 0.2) is 0 Å². The van der Waals surface area contributed by atoms with Gasteiger partial charge >= 0.3 is 5.97 Å². The Kier molecular flexibility index (Phi) is 2.68. The zero-order chi connectivity index (χ0) is 11.0. The van der Waals surface area contributed by atoms with Crippen molar-refractivity contribution in [3.8, 4) is 0 Å². The number of hydrogen-bond acceptors (Lipinski definition) is 3. The van der Waals surface area contributed by atoms with Crippen molar-refractivity contribution in [1.29, 1.82) is 0 Å². The number of furan rings is 1. The van der Waals surface area contributed by atoms with Crippen LogP contribution in [0.4, 0.5) is 0 Å². The van der Waals surface area contributed by atoms with Crippen molar-refractivity contribution >= 4 is 39.5 Å². The van der Waals surface area contributed by atoms with Gasteiger partial charge in [-0.25, -0.2) is 4.79 Å². The molecule has 1 heterocycles. The molecule has 2 rings (SSSR count). The molecule has 0 aliphatic carbocycles. The molecule has 3 nitrogen and oxygen atoms in total. The van der Waals surface area contributed by atoms with Crippen LogP contribution in [0.5, 0.6) is 0 Å². The molecule has 0 N–H and O–H groups in total. The number of hydrogen-bond donors (Lipinski definition) is 0. The molecule has 0 spiro atoms. The number of ether oxygens (including phenoxy) is 1. The lowest BCUT2D eigenvalue weighted by atomic mass is 10.1. The standard InChI is InChI=1S/C11H9IO3/c1-6-3-7-4-8(11(13)14-2)5-9(12)10(7)15-6/h3-5H,1-2H3. The predicted molar refractivity (Wildman–Crippen MR) is 65.0 cm³/mol. The van der Waals surface area contributed by atoms with E-state index in [4.69, 9.17) is 4.42 Å². The summed E-state index contributed by atoms with van der Waals surface area (Å²) in [7, 11) is 1.38. The summed E-state index contributed by atoms with van der Waals surface area (Å²) in [6, 6.07) is 5.45. The van der Waals surface area contributed by atoms with Crippen molar-refractivity contribution in [2.45, 2.75) is 6.92 Å². The number of fused-ring (bicyclic) bond motifs is 1. The van der Waals surface area contributed by atoms with Crippen molar-refractivity contribution in [1.82, 2.24) is 0 Å². The van der Waals surface area contributed by atoms with E-state index in [1.807, 2.05) is 13.0 Å². The zero-order valence-corrected chi connectivity index (χ0v) is 10.5. The first-order chi connectivity index (χ1) is 7.11. The fraction of sp³-hybridized carbons (Fsp3) is 0.182. The third-order valence-electron chi connectivity index (χ3n) is 2.12. The number of aryl methyl sites for hydroxylation is 1. The highest BCUT2D eigenvalue weighted by atomic mass is 127. The monoisotopic (exact) mass is 316 g/mol. The minimum atomic E-state index is -0.325. The highest BCUT2D eigenvalue weighted by Crippen LogP contribution is 2.26. The SMILES string of the molecule is COC(=O)c1cc(I)c2oc(C)cc2c1. The fourth-order valence-electron chi connectivity index (χ4n) is 1.47. The van der Waals surface area contributed by atoms with Crippen LogP contribution in [0.3, 0.4) is 0 Å². The maximum atomic E-state index is 11.4. The van der Waals surface area contributed by atoms with Crippen LogP contribution in [0, 0.1) is 10.5 Å². The molecule has 1 aromatic carbocycles. The summed E-state index contributed by atoms with van der Waals surface area (Å²) in [5.74, 6) is 0.513. The molecule has 0 unspecified atom stereocenters. The zero-order valence-electron chi connectivity index (χ0n) is 8.33. The van der Waals surface area contributed by atoms with Gasteiger partial charge in [0.25, 0.3) is 0 Å². The van der Waals surface area contributed by atoms with Gasteiger partial charge in [-0.2, -0.15) is 0 Å². The largest absolute Gasteiger partial charge is 0.465 e. The molecular weight excluding hydrogens is 307 g/mol. The molecule has 0 bridgehead atoms. The maximum Gasteiger partial charge on any atom is 0.337 e. The Morgan fingerprint density at radius 2 is 2.13 bits per heavy atom. The number of carbonyl (C=O) groups excluding carboxylic acids is 1. The lowest BCUT2D eigenvalue weighted by Gasteiger charge is -2.00. The number of benzene rings is 1. The predicted octanol–water partition coefficient (Wildman–Crippen LogP) is 3.13. The van der Waals surface area contributed by atoms with E-state index < -0.39 is 0 Å². The average molecular weight is 316 g/mol. The lowest BCUT2D eigenvalue weighted by molar-refractivity contribution is 0.0601. The summed E-state index contributed by atoms with van der Waals surface area (Å²) in [4.78, 5) is 11.4. The van der Waals surface area contributed by atoms with Crippen molar-refractivity contribution in [3.05, 3.63) is 33.1 Å². The van der Waals surface area contributed by atoms with Gasteiger partial charge in [-0.3, -0.25) is 0 Å². The van der Waals surface area contributed by atoms with Crippen LogP contribution >= 0.6 is 22.6 Å². The van der Waals surface area contributed by atoms with Crippen molar-refractivity contribution < 1.29 is 13.9 Å². The van der Waals surface area contributed by atoms with Gasteiger partial charge in [0.1, 0.15) is 11.3 Å². The van der Waals surface area contributed by atoms with Crippen molar-refractivity contribution in [2.24, 2.45) is 0 Å². The van der Waals surface area contributed by atoms with E-state index in [9.17, 15) is 4.79 Å². The third kappa shape index (κ3) is 1.86. The average Bonchev–Trinajstić information content (AvgIpc) is 2.58. The van der Waals surface area contributed by atoms with Crippen LogP contribution in [0.25, 0.3) is 11.0 Å². The number of esters is 1. The van der Waals surface area contributed by atoms with E-state index >= 15 is 0 Å². The first-order valence-corrected chi connectivity index (χ1v) is 5.47. The summed E-state index contributed by atoms with van der Waals surface area (Å²) in [5, 5.41) is 0.930. The summed E-state index contributed by atoms with van der Waals surface area (Å²) in [6.07, 6.45) is 0. The Hall–Kier alpha value is -1.04. The van der Waals surface area contributed by atoms with Crippen LogP contribution in [-0.4, -0.2) is 13.1 Å².